The summed E-state index contributed by atoms with van der Waals surface area (Å²) in [6, 6.07) is 0. The van der Waals surface area contributed by atoms with Crippen LogP contribution in [0.5, 0.6) is 0 Å². The van der Waals surface area contributed by atoms with Gasteiger partial charge in [-0.25, -0.2) is 0 Å². The Kier molecular flexibility index (Phi) is 1.93. The van der Waals surface area contributed by atoms with Gasteiger partial charge in [0.2, 0.25) is 0 Å². The van der Waals surface area contributed by atoms with E-state index >= 15 is 0 Å². The van der Waals surface area contributed by atoms with E-state index in [1.165, 1.54) is 0 Å². The van der Waals surface area contributed by atoms with E-state index in [4.69, 9.17) is 0 Å². The molecule has 0 radical (unpaired) electrons. The first kappa shape index (κ1) is 8.61. The lowest BCUT2D eigenvalue weighted by Crippen LogP contribution is -2.28. The van der Waals surface area contributed by atoms with Gasteiger partial charge in [-0.05, 0) is 23.5 Å². The summed E-state index contributed by atoms with van der Waals surface area (Å²) in [7, 11) is 0. The van der Waals surface area contributed by atoms with Crippen molar-refractivity contribution in [2.45, 2.75) is 10.5 Å². The second-order valence-corrected chi connectivity index (χ2v) is 4.92. The van der Waals surface area contributed by atoms with Crippen molar-refractivity contribution < 1.29 is 17.6 Å². The lowest BCUT2D eigenvalue weighted by atomic mass is 10.7. The fourth-order valence-corrected chi connectivity index (χ4v) is 2.68. The van der Waals surface area contributed by atoms with E-state index < -0.39 is 14.0 Å². The maximum atomic E-state index is 12.1. The summed E-state index contributed by atoms with van der Waals surface area (Å²) in [5.41, 5.74) is 0. The Hall–Kier alpha value is 0.510. The molecule has 58 valence electrons. The Labute approximate surface area is 67.7 Å². The van der Waals surface area contributed by atoms with E-state index in [-0.39, 0.29) is 23.5 Å². The van der Waals surface area contributed by atoms with Crippen LogP contribution in [0, 0.1) is 0 Å². The SMILES string of the molecule is FC1(F)SC(=S)SC1(F)F. The lowest BCUT2D eigenvalue weighted by Gasteiger charge is -2.13. The van der Waals surface area contributed by atoms with E-state index in [0.717, 1.165) is 0 Å². The van der Waals surface area contributed by atoms with E-state index in [1.807, 2.05) is 0 Å². The maximum absolute atomic E-state index is 12.1. The van der Waals surface area contributed by atoms with Crippen LogP contribution in [0.25, 0.3) is 0 Å². The Bertz CT molecular complexity index is 159. The number of rotatable bonds is 0. The molecule has 0 aliphatic carbocycles. The van der Waals surface area contributed by atoms with Crippen molar-refractivity contribution in [3.63, 3.8) is 0 Å². The summed E-state index contributed by atoms with van der Waals surface area (Å²) in [4.78, 5) is 0. The molecule has 0 saturated carbocycles. The Balaban J connectivity index is 2.88. The number of hydrogen-bond acceptors (Lipinski definition) is 3. The summed E-state index contributed by atoms with van der Waals surface area (Å²) >= 11 is 3.66. The highest BCUT2D eigenvalue weighted by atomic mass is 32.2. The quantitative estimate of drug-likeness (QED) is 0.443. The number of alkyl halides is 4. The molecule has 0 spiro atoms. The van der Waals surface area contributed by atoms with Crippen molar-refractivity contribution in [1.82, 2.24) is 0 Å². The highest BCUT2D eigenvalue weighted by Crippen LogP contribution is 2.59. The molecule has 0 aromatic rings. The molecule has 0 bridgehead atoms. The van der Waals surface area contributed by atoms with Crippen molar-refractivity contribution in [2.75, 3.05) is 0 Å². The zero-order valence-electron chi connectivity index (χ0n) is 4.24. The molecule has 0 nitrogen and oxygen atoms in total. The molecule has 1 rings (SSSR count). The van der Waals surface area contributed by atoms with Crippen molar-refractivity contribution in [2.24, 2.45) is 0 Å². The van der Waals surface area contributed by atoms with Crippen LogP contribution < -0.4 is 0 Å². The molecule has 0 aromatic carbocycles. The predicted octanol–water partition coefficient (Wildman–Crippen LogP) is 2.94. The molecule has 0 aromatic heterocycles. The van der Waals surface area contributed by atoms with Gasteiger partial charge < -0.3 is 0 Å². The summed E-state index contributed by atoms with van der Waals surface area (Å²) in [5, 5.41) is -8.07. The summed E-state index contributed by atoms with van der Waals surface area (Å²) in [5.74, 6) is 0. The molecule has 10 heavy (non-hydrogen) atoms. The zero-order valence-corrected chi connectivity index (χ0v) is 6.69. The zero-order chi connectivity index (χ0) is 7.99. The molecule has 1 fully saturated rings. The first-order valence-electron chi connectivity index (χ1n) is 2.03. The molecular formula is C3F4S3. The van der Waals surface area contributed by atoms with Crippen LogP contribution in [0.3, 0.4) is 0 Å². The Morgan fingerprint density at radius 1 is 1.00 bits per heavy atom. The molecule has 0 unspecified atom stereocenters. The van der Waals surface area contributed by atoms with Crippen molar-refractivity contribution in [3.8, 4) is 0 Å². The highest BCUT2D eigenvalue weighted by molar-refractivity contribution is 8.50. The van der Waals surface area contributed by atoms with Crippen LogP contribution in [0.4, 0.5) is 17.6 Å². The monoisotopic (exact) mass is 208 g/mol. The second-order valence-electron chi connectivity index (χ2n) is 1.49. The van der Waals surface area contributed by atoms with Crippen LogP contribution in [0.1, 0.15) is 0 Å². The normalized spacial score (nSPS) is 29.0. The topological polar surface area (TPSA) is 0 Å². The third-order valence-electron chi connectivity index (χ3n) is 0.762. The number of halogens is 4. The van der Waals surface area contributed by atoms with Gasteiger partial charge in [-0.15, -0.1) is 0 Å². The molecule has 7 heteroatoms. The number of thiocarbonyl (C=S) groups is 1. The minimum absolute atomic E-state index is 0.259. The predicted molar refractivity (Wildman–Crippen MR) is 37.7 cm³/mol. The van der Waals surface area contributed by atoms with Crippen LogP contribution in [0.2, 0.25) is 0 Å². The van der Waals surface area contributed by atoms with Crippen LogP contribution in [-0.2, 0) is 0 Å². The smallest absolute Gasteiger partial charge is 0.186 e. The Morgan fingerprint density at radius 3 is 1.40 bits per heavy atom. The van der Waals surface area contributed by atoms with Gasteiger partial charge in [-0.3, -0.25) is 0 Å². The van der Waals surface area contributed by atoms with Crippen molar-refractivity contribution in [3.05, 3.63) is 0 Å². The summed E-state index contributed by atoms with van der Waals surface area (Å²) < 4.78 is 47.9. The molecule has 0 atom stereocenters. The third kappa shape index (κ3) is 1.26. The first-order valence-corrected chi connectivity index (χ1v) is 4.07. The maximum Gasteiger partial charge on any atom is 0.371 e. The fourth-order valence-electron chi connectivity index (χ4n) is 0.349. The molecule has 1 saturated heterocycles. The minimum atomic E-state index is -4.03. The first-order chi connectivity index (χ1) is 4.35. The number of hydrogen-bond donors (Lipinski definition) is 0. The van der Waals surface area contributed by atoms with Crippen molar-refractivity contribution in [1.29, 1.82) is 0 Å². The standard InChI is InChI=1S/C3F4S3/c4-2(5)3(6,7)10-1(8)9-2. The molecule has 0 amide bonds. The molecular weight excluding hydrogens is 208 g/mol. The van der Waals surface area contributed by atoms with Crippen LogP contribution >= 0.6 is 35.7 Å². The molecule has 0 N–H and O–H groups in total. The van der Waals surface area contributed by atoms with Gasteiger partial charge in [-0.2, -0.15) is 17.6 Å². The second kappa shape index (κ2) is 2.25. The Morgan fingerprint density at radius 2 is 1.30 bits per heavy atom. The fraction of sp³-hybridized carbons (Fsp3) is 0.667. The van der Waals surface area contributed by atoms with Gasteiger partial charge in [-0.1, -0.05) is 12.2 Å². The largest absolute Gasteiger partial charge is 0.371 e. The van der Waals surface area contributed by atoms with Gasteiger partial charge >= 0.3 is 10.5 Å². The van der Waals surface area contributed by atoms with Gasteiger partial charge in [0.05, 0.1) is 0 Å². The van der Waals surface area contributed by atoms with Gasteiger partial charge in [0, 0.05) is 0 Å². The highest BCUT2D eigenvalue weighted by Gasteiger charge is 2.64. The average Bonchev–Trinajstić information content (AvgIpc) is 1.73. The van der Waals surface area contributed by atoms with Gasteiger partial charge in [0.15, 0.2) is 0 Å². The lowest BCUT2D eigenvalue weighted by molar-refractivity contribution is -0.0803. The summed E-state index contributed by atoms with van der Waals surface area (Å²) in [6.45, 7) is 0. The van der Waals surface area contributed by atoms with Gasteiger partial charge in [0.1, 0.15) is 3.53 Å². The molecule has 1 aliphatic heterocycles. The summed E-state index contributed by atoms with van der Waals surface area (Å²) in [6.07, 6.45) is 0. The molecule has 1 heterocycles. The number of thioether (sulfide) groups is 2. The molecule has 1 aliphatic rings. The van der Waals surface area contributed by atoms with E-state index in [1.54, 1.807) is 0 Å². The van der Waals surface area contributed by atoms with Gasteiger partial charge in [0.25, 0.3) is 0 Å². The van der Waals surface area contributed by atoms with E-state index in [0.29, 0.717) is 0 Å². The minimum Gasteiger partial charge on any atom is -0.186 e. The third-order valence-corrected chi connectivity index (χ3v) is 3.25. The van der Waals surface area contributed by atoms with E-state index in [2.05, 4.69) is 12.2 Å². The van der Waals surface area contributed by atoms with E-state index in [9.17, 15) is 17.6 Å². The van der Waals surface area contributed by atoms with Crippen LogP contribution in [-0.4, -0.2) is 14.0 Å². The average molecular weight is 208 g/mol. The van der Waals surface area contributed by atoms with Crippen LogP contribution in [0.15, 0.2) is 0 Å². The van der Waals surface area contributed by atoms with Crippen molar-refractivity contribution >= 4 is 39.3 Å².